The van der Waals surface area contributed by atoms with Crippen LogP contribution in [0.1, 0.15) is 22.3 Å². The Hall–Kier alpha value is -3.74. The third-order valence-electron chi connectivity index (χ3n) is 6.83. The molecule has 6 rings (SSSR count). The van der Waals surface area contributed by atoms with E-state index in [4.69, 9.17) is 9.47 Å². The van der Waals surface area contributed by atoms with Gasteiger partial charge in [0.15, 0.2) is 5.78 Å². The van der Waals surface area contributed by atoms with Crippen molar-refractivity contribution in [2.24, 2.45) is 0 Å². The number of ketones is 1. The molecule has 0 radical (unpaired) electrons. The van der Waals surface area contributed by atoms with Crippen LogP contribution in [-0.2, 0) is 4.74 Å². The monoisotopic (exact) mass is 466 g/mol. The number of pyridine rings is 1. The van der Waals surface area contributed by atoms with E-state index in [1.807, 2.05) is 66.7 Å². The fourth-order valence-electron chi connectivity index (χ4n) is 5.10. The van der Waals surface area contributed by atoms with E-state index in [0.717, 1.165) is 50.6 Å². The van der Waals surface area contributed by atoms with E-state index in [-0.39, 0.29) is 11.3 Å². The Kier molecular flexibility index (Phi) is 5.68. The van der Waals surface area contributed by atoms with Crippen molar-refractivity contribution in [3.63, 3.8) is 0 Å². The molecule has 0 amide bonds. The fourth-order valence-corrected chi connectivity index (χ4v) is 5.10. The number of hydrogen-bond acceptors (Lipinski definition) is 5. The highest BCUT2D eigenvalue weighted by Crippen LogP contribution is 2.40. The second-order valence-electron chi connectivity index (χ2n) is 8.93. The number of aromatic nitrogens is 1. The minimum absolute atomic E-state index is 0.0410. The van der Waals surface area contributed by atoms with Crippen LogP contribution in [0.5, 0.6) is 5.75 Å². The summed E-state index contributed by atoms with van der Waals surface area (Å²) in [4.78, 5) is 29.4. The van der Waals surface area contributed by atoms with Gasteiger partial charge in [-0.1, -0.05) is 42.5 Å². The van der Waals surface area contributed by atoms with Gasteiger partial charge >= 0.3 is 0 Å². The van der Waals surface area contributed by atoms with Crippen molar-refractivity contribution in [2.45, 2.75) is 6.42 Å². The highest BCUT2D eigenvalue weighted by molar-refractivity contribution is 6.26. The van der Waals surface area contributed by atoms with Gasteiger partial charge in [0, 0.05) is 47.2 Å². The Morgan fingerprint density at radius 3 is 2.26 bits per heavy atom. The zero-order chi connectivity index (χ0) is 23.8. The van der Waals surface area contributed by atoms with Gasteiger partial charge in [-0.2, -0.15) is 0 Å². The molecule has 0 unspecified atom stereocenters. The van der Waals surface area contributed by atoms with E-state index in [2.05, 4.69) is 4.90 Å². The van der Waals surface area contributed by atoms with Gasteiger partial charge < -0.3 is 9.47 Å². The largest absolute Gasteiger partial charge is 0.494 e. The lowest BCUT2D eigenvalue weighted by molar-refractivity contribution is 0.0358. The van der Waals surface area contributed by atoms with E-state index in [1.54, 1.807) is 10.6 Å². The van der Waals surface area contributed by atoms with Crippen LogP contribution in [0.3, 0.4) is 0 Å². The van der Waals surface area contributed by atoms with Gasteiger partial charge in [0.2, 0.25) is 0 Å². The highest BCUT2D eigenvalue weighted by atomic mass is 16.5. The fraction of sp³-hybridized carbons (Fsp3) is 0.241. The van der Waals surface area contributed by atoms with Gasteiger partial charge in [-0.05, 0) is 36.8 Å². The van der Waals surface area contributed by atoms with Crippen LogP contribution in [-0.4, -0.2) is 54.7 Å². The summed E-state index contributed by atoms with van der Waals surface area (Å²) in [6, 6.07) is 22.4. The van der Waals surface area contributed by atoms with Gasteiger partial charge in [0.05, 0.1) is 31.1 Å². The summed E-state index contributed by atoms with van der Waals surface area (Å²) >= 11 is 0. The average Bonchev–Trinajstić information content (AvgIpc) is 3.21. The van der Waals surface area contributed by atoms with E-state index in [0.29, 0.717) is 39.9 Å². The van der Waals surface area contributed by atoms with Crippen LogP contribution < -0.4 is 10.3 Å². The van der Waals surface area contributed by atoms with Crippen LogP contribution >= 0.6 is 0 Å². The van der Waals surface area contributed by atoms with Crippen molar-refractivity contribution < 1.29 is 14.3 Å². The van der Waals surface area contributed by atoms with Gasteiger partial charge in [-0.15, -0.1) is 0 Å². The Labute approximate surface area is 203 Å². The number of hydrogen-bond donors (Lipinski definition) is 0. The molecular formula is C29H26N2O4. The van der Waals surface area contributed by atoms with Crippen molar-refractivity contribution in [1.29, 1.82) is 0 Å². The summed E-state index contributed by atoms with van der Waals surface area (Å²) in [7, 11) is 0. The van der Waals surface area contributed by atoms with Gasteiger partial charge in [0.25, 0.3) is 5.56 Å². The van der Waals surface area contributed by atoms with Gasteiger partial charge in [-0.25, -0.2) is 0 Å². The number of rotatable bonds is 6. The molecule has 35 heavy (non-hydrogen) atoms. The molecule has 0 spiro atoms. The molecular weight excluding hydrogens is 440 g/mol. The molecule has 2 heterocycles. The summed E-state index contributed by atoms with van der Waals surface area (Å²) in [5.41, 5.74) is 3.24. The molecule has 3 aromatic carbocycles. The normalized spacial score (nSPS) is 15.3. The lowest BCUT2D eigenvalue weighted by Gasteiger charge is -2.26. The Morgan fingerprint density at radius 2 is 1.49 bits per heavy atom. The average molecular weight is 467 g/mol. The molecule has 0 atom stereocenters. The number of morpholine rings is 1. The first kappa shape index (κ1) is 21.8. The number of carbonyl (C=O) groups excluding carboxylic acids is 1. The summed E-state index contributed by atoms with van der Waals surface area (Å²) in [6.07, 6.45) is 0.943. The van der Waals surface area contributed by atoms with Gasteiger partial charge in [0.1, 0.15) is 5.75 Å². The first-order chi connectivity index (χ1) is 17.2. The maximum Gasteiger partial charge on any atom is 0.263 e. The highest BCUT2D eigenvalue weighted by Gasteiger charge is 2.32. The van der Waals surface area contributed by atoms with Crippen molar-refractivity contribution >= 4 is 16.6 Å². The molecule has 1 aliphatic heterocycles. The molecule has 176 valence electrons. The molecule has 0 bridgehead atoms. The van der Waals surface area contributed by atoms with Crippen molar-refractivity contribution in [2.75, 3.05) is 39.5 Å². The first-order valence-electron chi connectivity index (χ1n) is 12.1. The third-order valence-corrected chi connectivity index (χ3v) is 6.83. The molecule has 1 fully saturated rings. The topological polar surface area (TPSA) is 60.8 Å². The first-order valence-corrected chi connectivity index (χ1v) is 12.1. The second-order valence-corrected chi connectivity index (χ2v) is 8.93. The smallest absolute Gasteiger partial charge is 0.263 e. The Bertz CT molecular complexity index is 1470. The van der Waals surface area contributed by atoms with Crippen molar-refractivity contribution in [3.8, 4) is 22.7 Å². The predicted octanol–water partition coefficient (Wildman–Crippen LogP) is 4.30. The third kappa shape index (κ3) is 3.85. The van der Waals surface area contributed by atoms with E-state index in [9.17, 15) is 9.59 Å². The van der Waals surface area contributed by atoms with E-state index >= 15 is 0 Å². The molecule has 1 saturated heterocycles. The molecule has 6 heteroatoms. The number of benzene rings is 3. The Balaban J connectivity index is 1.32. The molecule has 0 N–H and O–H groups in total. The van der Waals surface area contributed by atoms with Crippen LogP contribution in [0.2, 0.25) is 0 Å². The number of ether oxygens (including phenoxy) is 2. The minimum atomic E-state index is -0.136. The summed E-state index contributed by atoms with van der Waals surface area (Å²) in [5, 5.41) is 1.24. The summed E-state index contributed by atoms with van der Waals surface area (Å²) in [6.45, 7) is 5.18. The van der Waals surface area contributed by atoms with Gasteiger partial charge in [-0.3, -0.25) is 19.1 Å². The molecule has 4 aromatic rings. The molecule has 0 saturated carbocycles. The van der Waals surface area contributed by atoms with Crippen molar-refractivity contribution in [1.82, 2.24) is 9.47 Å². The zero-order valence-electron chi connectivity index (χ0n) is 19.4. The van der Waals surface area contributed by atoms with Crippen molar-refractivity contribution in [3.05, 3.63) is 94.3 Å². The number of carbonyl (C=O) groups is 1. The molecule has 2 aliphatic rings. The van der Waals surface area contributed by atoms with Crippen LogP contribution in [0, 0.1) is 0 Å². The molecule has 1 aromatic heterocycles. The lowest BCUT2D eigenvalue weighted by Crippen LogP contribution is -2.37. The van der Waals surface area contributed by atoms with E-state index in [1.165, 1.54) is 0 Å². The summed E-state index contributed by atoms with van der Waals surface area (Å²) < 4.78 is 13.0. The number of fused-ring (bicyclic) bond motifs is 5. The summed E-state index contributed by atoms with van der Waals surface area (Å²) in [5.74, 6) is 0.721. The number of nitrogens with zero attached hydrogens (tertiary/aromatic N) is 2. The predicted molar refractivity (Wildman–Crippen MR) is 136 cm³/mol. The Morgan fingerprint density at radius 1 is 0.800 bits per heavy atom. The maximum absolute atomic E-state index is 13.7. The maximum atomic E-state index is 13.7. The SMILES string of the molecule is O=C1c2ccccc2-c2c1c1ccccc1c(=O)n2-c1ccc(OCCCN2CCOCC2)cc1. The molecule has 6 nitrogen and oxygen atoms in total. The van der Waals surface area contributed by atoms with Crippen LogP contribution in [0.4, 0.5) is 0 Å². The molecule has 1 aliphatic carbocycles. The van der Waals surface area contributed by atoms with Crippen LogP contribution in [0.15, 0.2) is 77.6 Å². The van der Waals surface area contributed by atoms with Crippen LogP contribution in [0.25, 0.3) is 27.7 Å². The zero-order valence-corrected chi connectivity index (χ0v) is 19.4. The lowest BCUT2D eigenvalue weighted by atomic mass is 10.0. The standard InChI is InChI=1S/C29H26N2O4/c32-28-24-8-3-2-7-23(24)27-26(28)22-6-1-4-9-25(22)29(33)31(27)20-10-12-21(13-11-20)35-17-5-14-30-15-18-34-19-16-30/h1-4,6-13H,5,14-19H2. The minimum Gasteiger partial charge on any atom is -0.494 e. The second kappa shape index (κ2) is 9.13. The quantitative estimate of drug-likeness (QED) is 0.349. The van der Waals surface area contributed by atoms with E-state index < -0.39 is 0 Å².